The topological polar surface area (TPSA) is 69.2 Å². The number of benzene rings is 2. The highest BCUT2D eigenvalue weighted by atomic mass is 19.1. The molecule has 29 heavy (non-hydrogen) atoms. The van der Waals surface area contributed by atoms with Gasteiger partial charge in [0.2, 0.25) is 0 Å². The van der Waals surface area contributed by atoms with E-state index in [-0.39, 0.29) is 17.5 Å². The lowest BCUT2D eigenvalue weighted by molar-refractivity contribution is 0.0962. The van der Waals surface area contributed by atoms with E-state index in [0.717, 1.165) is 5.56 Å². The molecule has 1 amide bonds. The summed E-state index contributed by atoms with van der Waals surface area (Å²) >= 11 is 0. The Labute approximate surface area is 170 Å². The van der Waals surface area contributed by atoms with Crippen molar-refractivity contribution < 1.29 is 23.4 Å². The lowest BCUT2D eigenvalue weighted by Crippen LogP contribution is -2.33. The summed E-state index contributed by atoms with van der Waals surface area (Å²) in [5.74, 6) is 0.607. The summed E-state index contributed by atoms with van der Waals surface area (Å²) in [6.07, 6.45) is 0.616. The van der Waals surface area contributed by atoms with Gasteiger partial charge in [-0.25, -0.2) is 9.38 Å². The van der Waals surface area contributed by atoms with Crippen LogP contribution in [-0.2, 0) is 11.2 Å². The van der Waals surface area contributed by atoms with Gasteiger partial charge in [-0.15, -0.1) is 0 Å². The molecule has 0 spiro atoms. The molecule has 156 valence electrons. The van der Waals surface area contributed by atoms with Crippen LogP contribution in [0.2, 0.25) is 0 Å². The fraction of sp³-hybridized carbons (Fsp3) is 0.364. The van der Waals surface area contributed by atoms with E-state index >= 15 is 0 Å². The van der Waals surface area contributed by atoms with E-state index in [4.69, 9.17) is 14.2 Å². The molecule has 0 saturated carbocycles. The van der Waals surface area contributed by atoms with Crippen molar-refractivity contribution in [1.29, 1.82) is 0 Å². The molecule has 0 bridgehead atoms. The quantitative estimate of drug-likeness (QED) is 0.538. The molecular formula is C22H27FN2O4. The maximum Gasteiger partial charge on any atom is 0.291 e. The molecule has 0 aliphatic heterocycles. The van der Waals surface area contributed by atoms with Crippen LogP contribution in [-0.4, -0.2) is 39.3 Å². The molecule has 0 saturated heterocycles. The molecule has 2 aromatic rings. The van der Waals surface area contributed by atoms with Crippen molar-refractivity contribution in [3.63, 3.8) is 0 Å². The third-order valence-corrected chi connectivity index (χ3v) is 3.96. The third kappa shape index (κ3) is 7.10. The van der Waals surface area contributed by atoms with Gasteiger partial charge in [0.15, 0.2) is 11.5 Å². The number of nitrogens with one attached hydrogen (secondary N) is 1. The van der Waals surface area contributed by atoms with Gasteiger partial charge in [-0.2, -0.15) is 0 Å². The molecule has 0 heterocycles. The van der Waals surface area contributed by atoms with E-state index in [0.29, 0.717) is 31.1 Å². The minimum absolute atomic E-state index is 0.119. The number of ether oxygens (including phenoxy) is 3. The van der Waals surface area contributed by atoms with Crippen LogP contribution in [0.5, 0.6) is 11.5 Å². The zero-order chi connectivity index (χ0) is 21.2. The number of carbonyl (C=O) groups excluding carboxylic acids is 1. The van der Waals surface area contributed by atoms with Crippen molar-refractivity contribution >= 4 is 11.9 Å². The lowest BCUT2D eigenvalue weighted by atomic mass is 10.1. The van der Waals surface area contributed by atoms with E-state index in [2.05, 4.69) is 10.3 Å². The largest absolute Gasteiger partial charge is 0.493 e. The van der Waals surface area contributed by atoms with E-state index in [9.17, 15) is 9.18 Å². The Hall–Kier alpha value is -3.09. The normalized spacial score (nSPS) is 11.3. The lowest BCUT2D eigenvalue weighted by Gasteiger charge is -2.13. The second-order valence-corrected chi connectivity index (χ2v) is 6.80. The molecule has 6 nitrogen and oxygen atoms in total. The van der Waals surface area contributed by atoms with E-state index in [1.807, 2.05) is 32.0 Å². The minimum atomic E-state index is -0.479. The van der Waals surface area contributed by atoms with Crippen LogP contribution >= 0.6 is 0 Å². The first-order chi connectivity index (χ1) is 13.9. The monoisotopic (exact) mass is 402 g/mol. The number of halogens is 1. The van der Waals surface area contributed by atoms with Crippen molar-refractivity contribution in [3.8, 4) is 11.5 Å². The summed E-state index contributed by atoms with van der Waals surface area (Å²) in [4.78, 5) is 16.7. The van der Waals surface area contributed by atoms with Gasteiger partial charge in [-0.3, -0.25) is 10.1 Å². The number of carbonyl (C=O) groups is 1. The van der Waals surface area contributed by atoms with Gasteiger partial charge in [0, 0.05) is 12.1 Å². The highest BCUT2D eigenvalue weighted by Gasteiger charge is 2.12. The smallest absolute Gasteiger partial charge is 0.291 e. The Kier molecular flexibility index (Phi) is 8.45. The Bertz CT molecular complexity index is 852. The molecule has 0 aromatic heterocycles. The average molecular weight is 402 g/mol. The van der Waals surface area contributed by atoms with Crippen LogP contribution in [0.1, 0.15) is 29.8 Å². The average Bonchev–Trinajstić information content (AvgIpc) is 2.71. The first-order valence-electron chi connectivity index (χ1n) is 9.38. The third-order valence-electron chi connectivity index (χ3n) is 3.96. The van der Waals surface area contributed by atoms with Crippen molar-refractivity contribution in [2.24, 2.45) is 10.9 Å². The Morgan fingerprint density at radius 1 is 1.10 bits per heavy atom. The number of amides is 1. The van der Waals surface area contributed by atoms with E-state index < -0.39 is 11.7 Å². The summed E-state index contributed by atoms with van der Waals surface area (Å²) in [5, 5.41) is 2.62. The summed E-state index contributed by atoms with van der Waals surface area (Å²) in [6.45, 7) is 4.79. The molecule has 2 rings (SSSR count). The number of methoxy groups -OCH3 is 2. The van der Waals surface area contributed by atoms with Crippen LogP contribution in [0.3, 0.4) is 0 Å². The highest BCUT2D eigenvalue weighted by Crippen LogP contribution is 2.27. The standard InChI is InChI=1S/C22H27FN2O4/c1-15(2)14-29-22(25-21(26)17-6-5-7-18(23)13-17)24-11-10-16-8-9-19(27-3)20(12-16)28-4/h5-9,12-13,15H,10-11,14H2,1-4H3,(H,24,25,26). The number of amidine groups is 1. The maximum atomic E-state index is 13.4. The van der Waals surface area contributed by atoms with E-state index in [1.165, 1.54) is 24.3 Å². The zero-order valence-electron chi connectivity index (χ0n) is 17.2. The number of rotatable bonds is 8. The molecule has 1 N–H and O–H groups in total. The first-order valence-corrected chi connectivity index (χ1v) is 9.38. The fourth-order valence-electron chi connectivity index (χ4n) is 2.49. The molecule has 2 aromatic carbocycles. The minimum Gasteiger partial charge on any atom is -0.493 e. The molecule has 0 aliphatic rings. The molecule has 0 radical (unpaired) electrons. The van der Waals surface area contributed by atoms with Gasteiger partial charge in [0.1, 0.15) is 5.82 Å². The first kappa shape index (κ1) is 22.2. The highest BCUT2D eigenvalue weighted by molar-refractivity contribution is 6.04. The molecular weight excluding hydrogens is 375 g/mol. The van der Waals surface area contributed by atoms with Crippen LogP contribution in [0.4, 0.5) is 4.39 Å². The van der Waals surface area contributed by atoms with Gasteiger partial charge in [0.05, 0.1) is 20.8 Å². The SMILES string of the molecule is COc1ccc(CCN=C(NC(=O)c2cccc(F)c2)OCC(C)C)cc1OC. The van der Waals surface area contributed by atoms with Gasteiger partial charge in [0.25, 0.3) is 11.9 Å². The predicted molar refractivity (Wildman–Crippen MR) is 110 cm³/mol. The Morgan fingerprint density at radius 2 is 1.86 bits per heavy atom. The number of nitrogens with zero attached hydrogens (tertiary/aromatic N) is 1. The van der Waals surface area contributed by atoms with Crippen LogP contribution < -0.4 is 14.8 Å². The number of aliphatic imine (C=N–C) groups is 1. The van der Waals surface area contributed by atoms with Crippen molar-refractivity contribution in [2.75, 3.05) is 27.4 Å². The predicted octanol–water partition coefficient (Wildman–Crippen LogP) is 3.84. The maximum absolute atomic E-state index is 13.4. The van der Waals surface area contributed by atoms with Crippen molar-refractivity contribution in [2.45, 2.75) is 20.3 Å². The van der Waals surface area contributed by atoms with Crippen LogP contribution in [0, 0.1) is 11.7 Å². The summed E-state index contributed by atoms with van der Waals surface area (Å²) in [6, 6.07) is 11.2. The Balaban J connectivity index is 2.06. The number of hydrogen-bond acceptors (Lipinski definition) is 5. The molecule has 0 aliphatic carbocycles. The summed E-state index contributed by atoms with van der Waals surface area (Å²) in [7, 11) is 3.17. The molecule has 0 atom stereocenters. The van der Waals surface area contributed by atoms with Crippen molar-refractivity contribution in [1.82, 2.24) is 5.32 Å². The van der Waals surface area contributed by atoms with Crippen LogP contribution in [0.25, 0.3) is 0 Å². The van der Waals surface area contributed by atoms with Crippen molar-refractivity contribution in [3.05, 3.63) is 59.4 Å². The summed E-state index contributed by atoms with van der Waals surface area (Å²) in [5.41, 5.74) is 1.21. The van der Waals surface area contributed by atoms with Crippen LogP contribution in [0.15, 0.2) is 47.5 Å². The molecule has 0 fully saturated rings. The van der Waals surface area contributed by atoms with E-state index in [1.54, 1.807) is 14.2 Å². The fourth-order valence-corrected chi connectivity index (χ4v) is 2.49. The second-order valence-electron chi connectivity index (χ2n) is 6.80. The number of hydrogen-bond donors (Lipinski definition) is 1. The van der Waals surface area contributed by atoms with Gasteiger partial charge < -0.3 is 14.2 Å². The molecule has 7 heteroatoms. The van der Waals surface area contributed by atoms with Gasteiger partial charge >= 0.3 is 0 Å². The summed E-state index contributed by atoms with van der Waals surface area (Å²) < 4.78 is 29.5. The Morgan fingerprint density at radius 3 is 2.52 bits per heavy atom. The second kappa shape index (κ2) is 11.0. The van der Waals surface area contributed by atoms with Gasteiger partial charge in [-0.1, -0.05) is 26.0 Å². The zero-order valence-corrected chi connectivity index (χ0v) is 17.2. The molecule has 0 unspecified atom stereocenters. The van der Waals surface area contributed by atoms with Gasteiger partial charge in [-0.05, 0) is 48.2 Å².